The molecule has 2 rings (SSSR count). The lowest BCUT2D eigenvalue weighted by Gasteiger charge is -2.03. The van der Waals surface area contributed by atoms with Crippen LogP contribution in [0.4, 0.5) is 5.69 Å². The van der Waals surface area contributed by atoms with E-state index in [9.17, 15) is 0 Å². The zero-order valence-corrected chi connectivity index (χ0v) is 11.1. The van der Waals surface area contributed by atoms with E-state index < -0.39 is 0 Å². The molecule has 0 bridgehead atoms. The van der Waals surface area contributed by atoms with Crippen LogP contribution in [0.25, 0.3) is 0 Å². The molecule has 3 nitrogen and oxygen atoms in total. The van der Waals surface area contributed by atoms with Gasteiger partial charge in [0.05, 0.1) is 16.9 Å². The normalized spacial score (nSPS) is 10.7. The fourth-order valence-corrected chi connectivity index (χ4v) is 2.67. The van der Waals surface area contributed by atoms with Crippen molar-refractivity contribution >= 4 is 29.1 Å². The van der Waals surface area contributed by atoms with Gasteiger partial charge >= 0.3 is 0 Å². The van der Waals surface area contributed by atoms with Crippen LogP contribution in [0.3, 0.4) is 0 Å². The summed E-state index contributed by atoms with van der Waals surface area (Å²) < 4.78 is 1.82. The second-order valence-electron chi connectivity index (χ2n) is 3.80. The summed E-state index contributed by atoms with van der Waals surface area (Å²) in [5.74, 6) is 1.01. The maximum atomic E-state index is 5.96. The Bertz CT molecular complexity index is 510. The third-order valence-electron chi connectivity index (χ3n) is 2.39. The molecular weight excluding hydrogens is 254 g/mol. The van der Waals surface area contributed by atoms with Crippen molar-refractivity contribution in [2.24, 2.45) is 7.05 Å². The van der Waals surface area contributed by atoms with Crippen molar-refractivity contribution in [3.63, 3.8) is 0 Å². The number of aryl methyl sites for hydroxylation is 2. The van der Waals surface area contributed by atoms with Crippen LogP contribution in [0.5, 0.6) is 0 Å². The van der Waals surface area contributed by atoms with E-state index in [0.29, 0.717) is 10.7 Å². The second-order valence-corrected chi connectivity index (χ2v) is 5.38. The van der Waals surface area contributed by atoms with Gasteiger partial charge in [-0.25, -0.2) is 0 Å². The molecule has 0 atom stereocenters. The summed E-state index contributed by atoms with van der Waals surface area (Å²) in [6.45, 7) is 0. The summed E-state index contributed by atoms with van der Waals surface area (Å²) in [5.41, 5.74) is 7.54. The standard InChI is InChI=1S/C12H14ClN3S/c1-16-8-9(7-15-16)4-5-17-10-2-3-12(14)11(13)6-10/h2-3,6-8H,4-5,14H2,1H3. The van der Waals surface area contributed by atoms with Crippen LogP contribution in [-0.4, -0.2) is 15.5 Å². The molecule has 0 saturated carbocycles. The molecule has 1 aromatic carbocycles. The predicted molar refractivity (Wildman–Crippen MR) is 73.5 cm³/mol. The first-order valence-electron chi connectivity index (χ1n) is 5.30. The number of benzene rings is 1. The molecule has 0 unspecified atom stereocenters. The number of rotatable bonds is 4. The molecule has 0 aliphatic carbocycles. The number of halogens is 1. The van der Waals surface area contributed by atoms with Crippen LogP contribution in [0.15, 0.2) is 35.5 Å². The van der Waals surface area contributed by atoms with Gasteiger partial charge in [-0.15, -0.1) is 11.8 Å². The minimum atomic E-state index is 0.622. The van der Waals surface area contributed by atoms with Crippen molar-refractivity contribution in [1.29, 1.82) is 0 Å². The third kappa shape index (κ3) is 3.41. The van der Waals surface area contributed by atoms with Gasteiger partial charge in [-0.1, -0.05) is 11.6 Å². The summed E-state index contributed by atoms with van der Waals surface area (Å²) in [6, 6.07) is 5.74. The van der Waals surface area contributed by atoms with E-state index in [0.717, 1.165) is 17.1 Å². The Labute approximate surface area is 110 Å². The minimum absolute atomic E-state index is 0.622. The molecule has 0 spiro atoms. The average molecular weight is 268 g/mol. The Balaban J connectivity index is 1.87. The maximum Gasteiger partial charge on any atom is 0.0646 e. The average Bonchev–Trinajstić information content (AvgIpc) is 2.70. The Morgan fingerprint density at radius 1 is 1.47 bits per heavy atom. The van der Waals surface area contributed by atoms with E-state index >= 15 is 0 Å². The highest BCUT2D eigenvalue weighted by molar-refractivity contribution is 7.99. The number of hydrogen-bond acceptors (Lipinski definition) is 3. The first-order valence-corrected chi connectivity index (χ1v) is 6.67. The molecule has 1 heterocycles. The highest BCUT2D eigenvalue weighted by Crippen LogP contribution is 2.26. The molecule has 17 heavy (non-hydrogen) atoms. The fraction of sp³-hybridized carbons (Fsp3) is 0.250. The molecular formula is C12H14ClN3S. The van der Waals surface area contributed by atoms with E-state index in [1.165, 1.54) is 5.56 Å². The van der Waals surface area contributed by atoms with E-state index in [2.05, 4.69) is 5.10 Å². The highest BCUT2D eigenvalue weighted by atomic mass is 35.5. The van der Waals surface area contributed by atoms with Crippen LogP contribution >= 0.6 is 23.4 Å². The second kappa shape index (κ2) is 5.47. The largest absolute Gasteiger partial charge is 0.398 e. The van der Waals surface area contributed by atoms with Crippen LogP contribution < -0.4 is 5.73 Å². The minimum Gasteiger partial charge on any atom is -0.398 e. The number of thioether (sulfide) groups is 1. The van der Waals surface area contributed by atoms with Crippen LogP contribution in [0.2, 0.25) is 5.02 Å². The van der Waals surface area contributed by atoms with Crippen molar-refractivity contribution < 1.29 is 0 Å². The summed E-state index contributed by atoms with van der Waals surface area (Å²) in [7, 11) is 1.93. The number of nitrogens with two attached hydrogens (primary N) is 1. The zero-order chi connectivity index (χ0) is 12.3. The topological polar surface area (TPSA) is 43.8 Å². The molecule has 0 fully saturated rings. The van der Waals surface area contributed by atoms with Gasteiger partial charge in [0.15, 0.2) is 0 Å². The lowest BCUT2D eigenvalue weighted by atomic mass is 10.3. The molecule has 0 radical (unpaired) electrons. The number of hydrogen-bond donors (Lipinski definition) is 1. The zero-order valence-electron chi connectivity index (χ0n) is 9.56. The lowest BCUT2D eigenvalue weighted by molar-refractivity contribution is 0.767. The van der Waals surface area contributed by atoms with Gasteiger partial charge in [-0.3, -0.25) is 4.68 Å². The Kier molecular flexibility index (Phi) is 3.97. The van der Waals surface area contributed by atoms with Crippen molar-refractivity contribution in [2.75, 3.05) is 11.5 Å². The molecule has 0 amide bonds. The molecule has 1 aromatic heterocycles. The monoisotopic (exact) mass is 267 g/mol. The molecule has 5 heteroatoms. The van der Waals surface area contributed by atoms with Crippen molar-refractivity contribution in [3.05, 3.63) is 41.2 Å². The number of anilines is 1. The molecule has 90 valence electrons. The van der Waals surface area contributed by atoms with Crippen LogP contribution in [0, 0.1) is 0 Å². The smallest absolute Gasteiger partial charge is 0.0646 e. The van der Waals surface area contributed by atoms with Gasteiger partial charge < -0.3 is 5.73 Å². The van der Waals surface area contributed by atoms with Gasteiger partial charge in [-0.05, 0) is 30.2 Å². The Morgan fingerprint density at radius 2 is 2.29 bits per heavy atom. The molecule has 2 N–H and O–H groups in total. The lowest BCUT2D eigenvalue weighted by Crippen LogP contribution is -1.89. The quantitative estimate of drug-likeness (QED) is 0.684. The number of aromatic nitrogens is 2. The maximum absolute atomic E-state index is 5.96. The predicted octanol–water partition coefficient (Wildman–Crippen LogP) is 2.99. The Morgan fingerprint density at radius 3 is 2.94 bits per heavy atom. The van der Waals surface area contributed by atoms with Gasteiger partial charge in [0.1, 0.15) is 0 Å². The third-order valence-corrected chi connectivity index (χ3v) is 3.71. The molecule has 0 saturated heterocycles. The Hall–Kier alpha value is -1.13. The van der Waals surface area contributed by atoms with Gasteiger partial charge in [0.25, 0.3) is 0 Å². The first-order chi connectivity index (χ1) is 8.15. The van der Waals surface area contributed by atoms with E-state index in [4.69, 9.17) is 17.3 Å². The van der Waals surface area contributed by atoms with Crippen molar-refractivity contribution in [2.45, 2.75) is 11.3 Å². The molecule has 2 aromatic rings. The molecule has 0 aliphatic rings. The number of nitrogen functional groups attached to an aromatic ring is 1. The summed E-state index contributed by atoms with van der Waals surface area (Å²) in [6.07, 6.45) is 4.94. The summed E-state index contributed by atoms with van der Waals surface area (Å²) in [4.78, 5) is 1.15. The fourth-order valence-electron chi connectivity index (χ4n) is 1.49. The summed E-state index contributed by atoms with van der Waals surface area (Å²) in [5, 5.41) is 4.76. The van der Waals surface area contributed by atoms with Crippen LogP contribution in [0.1, 0.15) is 5.56 Å². The van der Waals surface area contributed by atoms with Gasteiger partial charge in [-0.2, -0.15) is 5.10 Å². The number of nitrogens with zero attached hydrogens (tertiary/aromatic N) is 2. The van der Waals surface area contributed by atoms with Gasteiger partial charge in [0.2, 0.25) is 0 Å². The van der Waals surface area contributed by atoms with E-state index in [1.807, 2.05) is 42.3 Å². The first kappa shape index (κ1) is 12.3. The van der Waals surface area contributed by atoms with Crippen molar-refractivity contribution in [3.8, 4) is 0 Å². The van der Waals surface area contributed by atoms with Gasteiger partial charge in [0, 0.05) is 23.9 Å². The molecule has 0 aliphatic heterocycles. The highest BCUT2D eigenvalue weighted by Gasteiger charge is 2.01. The summed E-state index contributed by atoms with van der Waals surface area (Å²) >= 11 is 7.73. The van der Waals surface area contributed by atoms with Crippen LogP contribution in [-0.2, 0) is 13.5 Å². The SMILES string of the molecule is Cn1cc(CCSc2ccc(N)c(Cl)c2)cn1. The van der Waals surface area contributed by atoms with E-state index in [1.54, 1.807) is 11.8 Å². The van der Waals surface area contributed by atoms with Crippen molar-refractivity contribution in [1.82, 2.24) is 9.78 Å². The van der Waals surface area contributed by atoms with E-state index in [-0.39, 0.29) is 0 Å².